The van der Waals surface area contributed by atoms with E-state index >= 15 is 0 Å². The third kappa shape index (κ3) is 2.88. The number of aromatic nitrogens is 2. The molecule has 0 fully saturated rings. The highest BCUT2D eigenvalue weighted by Crippen LogP contribution is 2.30. The van der Waals surface area contributed by atoms with Gasteiger partial charge >= 0.3 is 5.63 Å². The summed E-state index contributed by atoms with van der Waals surface area (Å²) in [6.07, 6.45) is 0. The van der Waals surface area contributed by atoms with Gasteiger partial charge in [-0.1, -0.05) is 17.4 Å². The first-order chi connectivity index (χ1) is 12.5. The van der Waals surface area contributed by atoms with E-state index in [0.29, 0.717) is 5.39 Å². The molecule has 0 saturated heterocycles. The summed E-state index contributed by atoms with van der Waals surface area (Å²) in [7, 11) is 0. The lowest BCUT2D eigenvalue weighted by Gasteiger charge is -2.04. The minimum Gasteiger partial charge on any atom is -0.508 e. The van der Waals surface area contributed by atoms with Gasteiger partial charge in [-0.15, -0.1) is 10.2 Å². The molecule has 2 aromatic carbocycles. The third-order valence-electron chi connectivity index (χ3n) is 3.57. The summed E-state index contributed by atoms with van der Waals surface area (Å²) in [5, 5.41) is 20.6. The molecular formula is C17H9F2N3O3S. The molecule has 0 saturated carbocycles. The van der Waals surface area contributed by atoms with Crippen molar-refractivity contribution in [3.05, 3.63) is 64.5 Å². The van der Waals surface area contributed by atoms with Crippen LogP contribution >= 0.6 is 11.3 Å². The van der Waals surface area contributed by atoms with Crippen LogP contribution in [0.5, 0.6) is 5.75 Å². The second-order valence-electron chi connectivity index (χ2n) is 5.30. The summed E-state index contributed by atoms with van der Waals surface area (Å²) >= 11 is 0.948. The van der Waals surface area contributed by atoms with Crippen molar-refractivity contribution in [3.63, 3.8) is 0 Å². The fourth-order valence-corrected chi connectivity index (χ4v) is 3.11. The Morgan fingerprint density at radius 3 is 2.62 bits per heavy atom. The molecule has 2 aromatic heterocycles. The second-order valence-corrected chi connectivity index (χ2v) is 6.28. The van der Waals surface area contributed by atoms with Gasteiger partial charge in [-0.2, -0.15) is 0 Å². The average Bonchev–Trinajstić information content (AvgIpc) is 3.06. The molecule has 2 N–H and O–H groups in total. The van der Waals surface area contributed by atoms with E-state index < -0.39 is 17.3 Å². The zero-order valence-electron chi connectivity index (χ0n) is 12.9. The topological polar surface area (TPSA) is 88.2 Å². The molecule has 0 aliphatic carbocycles. The molecule has 0 amide bonds. The largest absolute Gasteiger partial charge is 0.508 e. The lowest BCUT2D eigenvalue weighted by molar-refractivity contribution is 0.473. The van der Waals surface area contributed by atoms with E-state index in [1.54, 1.807) is 12.1 Å². The smallest absolute Gasteiger partial charge is 0.346 e. The Balaban J connectivity index is 1.72. The van der Waals surface area contributed by atoms with Gasteiger partial charge in [-0.25, -0.2) is 13.6 Å². The van der Waals surface area contributed by atoms with Gasteiger partial charge in [0.2, 0.25) is 5.13 Å². The number of phenolic OH excluding ortho intramolecular Hbond substituents is 1. The normalized spacial score (nSPS) is 11.0. The summed E-state index contributed by atoms with van der Waals surface area (Å²) in [6.45, 7) is 0. The number of aromatic hydroxyl groups is 1. The van der Waals surface area contributed by atoms with Crippen LogP contribution < -0.4 is 10.9 Å². The van der Waals surface area contributed by atoms with Crippen molar-refractivity contribution >= 4 is 33.1 Å². The van der Waals surface area contributed by atoms with Gasteiger partial charge < -0.3 is 14.8 Å². The SMILES string of the molecule is O=c1oc2cc(O)ccc2cc1-c1nnc(Nc2c(F)cccc2F)s1. The Morgan fingerprint density at radius 1 is 1.08 bits per heavy atom. The average molecular weight is 373 g/mol. The summed E-state index contributed by atoms with van der Waals surface area (Å²) in [4.78, 5) is 12.2. The van der Waals surface area contributed by atoms with Crippen LogP contribution in [0.2, 0.25) is 0 Å². The molecule has 4 aromatic rings. The predicted octanol–water partition coefficient (Wildman–Crippen LogP) is 4.04. The first-order valence-corrected chi connectivity index (χ1v) is 8.15. The maximum Gasteiger partial charge on any atom is 0.346 e. The molecular weight excluding hydrogens is 364 g/mol. The number of para-hydroxylation sites is 1. The number of nitrogens with zero attached hydrogens (tertiary/aromatic N) is 2. The molecule has 0 aliphatic rings. The number of hydrogen-bond acceptors (Lipinski definition) is 7. The molecule has 130 valence electrons. The number of nitrogens with one attached hydrogen (secondary N) is 1. The summed E-state index contributed by atoms with van der Waals surface area (Å²) in [5.74, 6) is -1.57. The molecule has 0 bridgehead atoms. The molecule has 0 unspecified atom stereocenters. The number of benzene rings is 2. The molecule has 0 aliphatic heterocycles. The van der Waals surface area contributed by atoms with Crippen LogP contribution in [0.15, 0.2) is 51.7 Å². The standard InChI is InChI=1S/C17H9F2N3O3S/c18-11-2-1-3-12(19)14(11)20-17-22-21-15(26-17)10-6-8-4-5-9(23)7-13(8)25-16(10)24/h1-7,23H,(H,20,22). The summed E-state index contributed by atoms with van der Waals surface area (Å²) in [6, 6.07) is 9.40. The van der Waals surface area contributed by atoms with Crippen LogP contribution in [0.4, 0.5) is 19.6 Å². The number of halogens is 2. The first kappa shape index (κ1) is 16.2. The summed E-state index contributed by atoms with van der Waals surface area (Å²) in [5.41, 5.74) is -0.628. The van der Waals surface area contributed by atoms with Crippen LogP contribution in [-0.2, 0) is 0 Å². The van der Waals surface area contributed by atoms with Gasteiger partial charge in [-0.3, -0.25) is 0 Å². The molecule has 4 rings (SSSR count). The van der Waals surface area contributed by atoms with Crippen molar-refractivity contribution in [2.24, 2.45) is 0 Å². The van der Waals surface area contributed by atoms with Crippen molar-refractivity contribution in [1.82, 2.24) is 10.2 Å². The maximum atomic E-state index is 13.7. The van der Waals surface area contributed by atoms with Crippen molar-refractivity contribution in [3.8, 4) is 16.3 Å². The van der Waals surface area contributed by atoms with Crippen molar-refractivity contribution in [2.75, 3.05) is 5.32 Å². The molecule has 0 spiro atoms. The lowest BCUT2D eigenvalue weighted by Crippen LogP contribution is -2.02. The van der Waals surface area contributed by atoms with E-state index in [4.69, 9.17) is 4.42 Å². The van der Waals surface area contributed by atoms with E-state index in [2.05, 4.69) is 15.5 Å². The maximum absolute atomic E-state index is 13.7. The fraction of sp³-hybridized carbons (Fsp3) is 0. The lowest BCUT2D eigenvalue weighted by atomic mass is 10.2. The van der Waals surface area contributed by atoms with Gasteiger partial charge in [0.25, 0.3) is 0 Å². The van der Waals surface area contributed by atoms with E-state index in [0.717, 1.165) is 23.5 Å². The molecule has 6 nitrogen and oxygen atoms in total. The van der Waals surface area contributed by atoms with Gasteiger partial charge in [0.15, 0.2) is 5.01 Å². The molecule has 9 heteroatoms. The highest BCUT2D eigenvalue weighted by molar-refractivity contribution is 7.18. The second kappa shape index (κ2) is 6.19. The van der Waals surface area contributed by atoms with Crippen LogP contribution in [0, 0.1) is 11.6 Å². The number of anilines is 2. The molecule has 0 radical (unpaired) electrons. The third-order valence-corrected chi connectivity index (χ3v) is 4.44. The van der Waals surface area contributed by atoms with E-state index in [9.17, 15) is 18.7 Å². The summed E-state index contributed by atoms with van der Waals surface area (Å²) < 4.78 is 32.6. The predicted molar refractivity (Wildman–Crippen MR) is 92.7 cm³/mol. The van der Waals surface area contributed by atoms with Crippen LogP contribution in [0.3, 0.4) is 0 Å². The van der Waals surface area contributed by atoms with Crippen molar-refractivity contribution in [1.29, 1.82) is 0 Å². The number of hydrogen-bond donors (Lipinski definition) is 2. The Labute approximate surface area is 148 Å². The van der Waals surface area contributed by atoms with Crippen LogP contribution in [0.25, 0.3) is 21.5 Å². The van der Waals surface area contributed by atoms with Gasteiger partial charge in [0.05, 0.1) is 5.56 Å². The number of phenols is 1. The fourth-order valence-electron chi connectivity index (χ4n) is 2.36. The van der Waals surface area contributed by atoms with E-state index in [1.165, 1.54) is 18.2 Å². The Bertz CT molecular complexity index is 1170. The minimum absolute atomic E-state index is 0.0253. The Kier molecular flexibility index (Phi) is 3.85. The highest BCUT2D eigenvalue weighted by Gasteiger charge is 2.16. The Morgan fingerprint density at radius 2 is 1.85 bits per heavy atom. The van der Waals surface area contributed by atoms with E-state index in [1.807, 2.05) is 0 Å². The first-order valence-electron chi connectivity index (χ1n) is 7.33. The zero-order valence-corrected chi connectivity index (χ0v) is 13.7. The van der Waals surface area contributed by atoms with Gasteiger partial charge in [0.1, 0.15) is 28.7 Å². The zero-order chi connectivity index (χ0) is 18.3. The van der Waals surface area contributed by atoms with Crippen LogP contribution in [0.1, 0.15) is 0 Å². The molecule has 26 heavy (non-hydrogen) atoms. The van der Waals surface area contributed by atoms with E-state index in [-0.39, 0.29) is 32.7 Å². The van der Waals surface area contributed by atoms with Gasteiger partial charge in [0, 0.05) is 11.5 Å². The van der Waals surface area contributed by atoms with Crippen LogP contribution in [-0.4, -0.2) is 15.3 Å². The quantitative estimate of drug-likeness (QED) is 0.527. The Hall–Kier alpha value is -3.33. The van der Waals surface area contributed by atoms with Crippen molar-refractivity contribution in [2.45, 2.75) is 0 Å². The van der Waals surface area contributed by atoms with Crippen molar-refractivity contribution < 1.29 is 18.3 Å². The highest BCUT2D eigenvalue weighted by atomic mass is 32.1. The molecule has 2 heterocycles. The number of rotatable bonds is 3. The minimum atomic E-state index is -0.772. The monoisotopic (exact) mass is 373 g/mol. The number of fused-ring (bicyclic) bond motifs is 1. The van der Waals surface area contributed by atoms with Gasteiger partial charge in [-0.05, 0) is 30.3 Å². The molecule has 0 atom stereocenters.